The molecule has 2 heterocycles. The van der Waals surface area contributed by atoms with Crippen molar-refractivity contribution in [3.63, 3.8) is 0 Å². The second-order valence-corrected chi connectivity index (χ2v) is 5.50. The van der Waals surface area contributed by atoms with Gasteiger partial charge in [0.05, 0.1) is 23.5 Å². The van der Waals surface area contributed by atoms with E-state index in [2.05, 4.69) is 36.1 Å². The number of hydrogen-bond acceptors (Lipinski definition) is 5. The SMILES string of the molecule is CC(NC(=O)c1cn[nH]c1C1CCCCC1)c1nn[nH]n1. The maximum Gasteiger partial charge on any atom is 0.255 e. The van der Waals surface area contributed by atoms with Crippen LogP contribution in [0, 0.1) is 0 Å². The molecule has 0 aliphatic heterocycles. The highest BCUT2D eigenvalue weighted by atomic mass is 16.1. The summed E-state index contributed by atoms with van der Waals surface area (Å²) in [5.41, 5.74) is 1.57. The third-order valence-electron chi connectivity index (χ3n) is 4.02. The van der Waals surface area contributed by atoms with Crippen LogP contribution >= 0.6 is 0 Å². The predicted molar refractivity (Wildman–Crippen MR) is 74.5 cm³/mol. The van der Waals surface area contributed by atoms with Gasteiger partial charge in [0.1, 0.15) is 0 Å². The lowest BCUT2D eigenvalue weighted by atomic mass is 9.85. The van der Waals surface area contributed by atoms with Gasteiger partial charge in [-0.3, -0.25) is 9.89 Å². The number of H-pyrrole nitrogens is 2. The molecular formula is C13H19N7O. The number of tetrazole rings is 1. The van der Waals surface area contributed by atoms with Crippen molar-refractivity contribution in [2.45, 2.75) is 51.0 Å². The van der Waals surface area contributed by atoms with E-state index in [0.29, 0.717) is 17.3 Å². The van der Waals surface area contributed by atoms with Gasteiger partial charge in [-0.25, -0.2) is 0 Å². The van der Waals surface area contributed by atoms with Gasteiger partial charge in [-0.2, -0.15) is 10.3 Å². The van der Waals surface area contributed by atoms with Crippen LogP contribution in [0.2, 0.25) is 0 Å². The summed E-state index contributed by atoms with van der Waals surface area (Å²) in [5, 5.41) is 23.6. The minimum Gasteiger partial charge on any atom is -0.342 e. The van der Waals surface area contributed by atoms with Crippen LogP contribution in [-0.2, 0) is 0 Å². The summed E-state index contributed by atoms with van der Waals surface area (Å²) in [6, 6.07) is -0.301. The maximum atomic E-state index is 12.4. The van der Waals surface area contributed by atoms with Crippen LogP contribution in [0.3, 0.4) is 0 Å². The van der Waals surface area contributed by atoms with Crippen LogP contribution in [0.5, 0.6) is 0 Å². The molecule has 1 saturated carbocycles. The zero-order valence-corrected chi connectivity index (χ0v) is 12.0. The van der Waals surface area contributed by atoms with Crippen LogP contribution in [-0.4, -0.2) is 36.7 Å². The van der Waals surface area contributed by atoms with E-state index in [0.717, 1.165) is 18.5 Å². The lowest BCUT2D eigenvalue weighted by Crippen LogP contribution is -2.28. The summed E-state index contributed by atoms with van der Waals surface area (Å²) >= 11 is 0. The molecule has 3 N–H and O–H groups in total. The highest BCUT2D eigenvalue weighted by molar-refractivity contribution is 5.95. The van der Waals surface area contributed by atoms with Gasteiger partial charge in [0.15, 0.2) is 5.82 Å². The van der Waals surface area contributed by atoms with E-state index >= 15 is 0 Å². The van der Waals surface area contributed by atoms with Crippen molar-refractivity contribution in [1.29, 1.82) is 0 Å². The fraction of sp³-hybridized carbons (Fsp3) is 0.615. The topological polar surface area (TPSA) is 112 Å². The molecule has 1 unspecified atom stereocenters. The standard InChI is InChI=1S/C13H19N7O/c1-8(12-17-19-20-18-12)15-13(21)10-7-14-16-11(10)9-5-3-2-4-6-9/h7-9H,2-6H2,1H3,(H,14,16)(H,15,21)(H,17,18,19,20). The van der Waals surface area contributed by atoms with E-state index in [1.54, 1.807) is 6.20 Å². The Kier molecular flexibility index (Phi) is 3.94. The van der Waals surface area contributed by atoms with Crippen LogP contribution < -0.4 is 5.32 Å². The van der Waals surface area contributed by atoms with Crippen molar-refractivity contribution in [2.24, 2.45) is 0 Å². The van der Waals surface area contributed by atoms with Gasteiger partial charge in [0, 0.05) is 5.92 Å². The third kappa shape index (κ3) is 2.93. The van der Waals surface area contributed by atoms with E-state index in [1.807, 2.05) is 6.92 Å². The van der Waals surface area contributed by atoms with Gasteiger partial charge in [-0.1, -0.05) is 24.5 Å². The summed E-state index contributed by atoms with van der Waals surface area (Å²) in [6.07, 6.45) is 7.53. The monoisotopic (exact) mass is 289 g/mol. The normalized spacial score (nSPS) is 17.6. The number of carbonyl (C=O) groups is 1. The molecule has 2 aromatic heterocycles. The smallest absolute Gasteiger partial charge is 0.255 e. The van der Waals surface area contributed by atoms with Crippen LogP contribution in [0.15, 0.2) is 6.20 Å². The number of nitrogens with zero attached hydrogens (tertiary/aromatic N) is 4. The van der Waals surface area contributed by atoms with Crippen molar-refractivity contribution in [2.75, 3.05) is 0 Å². The van der Waals surface area contributed by atoms with Crippen molar-refractivity contribution >= 4 is 5.91 Å². The zero-order valence-electron chi connectivity index (χ0n) is 12.0. The van der Waals surface area contributed by atoms with Crippen molar-refractivity contribution in [1.82, 2.24) is 36.1 Å². The van der Waals surface area contributed by atoms with Gasteiger partial charge in [0.2, 0.25) is 0 Å². The second kappa shape index (κ2) is 6.02. The summed E-state index contributed by atoms with van der Waals surface area (Å²) in [5.74, 6) is 0.718. The molecule has 0 spiro atoms. The highest BCUT2D eigenvalue weighted by Gasteiger charge is 2.24. The minimum absolute atomic E-state index is 0.151. The largest absolute Gasteiger partial charge is 0.342 e. The number of aromatic amines is 2. The lowest BCUT2D eigenvalue weighted by Gasteiger charge is -2.21. The molecule has 1 aliphatic rings. The lowest BCUT2D eigenvalue weighted by molar-refractivity contribution is 0.0936. The Balaban J connectivity index is 1.71. The Morgan fingerprint density at radius 3 is 2.90 bits per heavy atom. The molecule has 2 aromatic rings. The molecular weight excluding hydrogens is 270 g/mol. The van der Waals surface area contributed by atoms with E-state index in [-0.39, 0.29) is 11.9 Å². The molecule has 8 nitrogen and oxygen atoms in total. The molecule has 112 valence electrons. The van der Waals surface area contributed by atoms with Crippen molar-refractivity contribution in [3.8, 4) is 0 Å². The van der Waals surface area contributed by atoms with E-state index in [9.17, 15) is 4.79 Å². The average Bonchev–Trinajstić information content (AvgIpc) is 3.19. The first-order valence-electron chi connectivity index (χ1n) is 7.33. The van der Waals surface area contributed by atoms with Crippen molar-refractivity contribution in [3.05, 3.63) is 23.3 Å². The number of rotatable bonds is 4. The zero-order chi connectivity index (χ0) is 14.7. The van der Waals surface area contributed by atoms with Gasteiger partial charge in [0.25, 0.3) is 5.91 Å². The number of hydrogen-bond donors (Lipinski definition) is 3. The molecule has 8 heteroatoms. The molecule has 0 radical (unpaired) electrons. The number of nitrogens with one attached hydrogen (secondary N) is 3. The van der Waals surface area contributed by atoms with Crippen molar-refractivity contribution < 1.29 is 4.79 Å². The fourth-order valence-corrected chi connectivity index (χ4v) is 2.87. The molecule has 21 heavy (non-hydrogen) atoms. The Bertz CT molecular complexity index is 585. The molecule has 0 aromatic carbocycles. The first-order valence-corrected chi connectivity index (χ1v) is 7.33. The minimum atomic E-state index is -0.301. The van der Waals surface area contributed by atoms with E-state index in [4.69, 9.17) is 0 Å². The fourth-order valence-electron chi connectivity index (χ4n) is 2.87. The van der Waals surface area contributed by atoms with Gasteiger partial charge in [-0.15, -0.1) is 10.2 Å². The molecule has 0 bridgehead atoms. The maximum absolute atomic E-state index is 12.4. The van der Waals surface area contributed by atoms with Crippen LogP contribution in [0.25, 0.3) is 0 Å². The van der Waals surface area contributed by atoms with Gasteiger partial charge >= 0.3 is 0 Å². The Morgan fingerprint density at radius 2 is 2.19 bits per heavy atom. The Hall–Kier alpha value is -2.25. The van der Waals surface area contributed by atoms with E-state index < -0.39 is 0 Å². The summed E-state index contributed by atoms with van der Waals surface area (Å²) in [4.78, 5) is 12.4. The second-order valence-electron chi connectivity index (χ2n) is 5.50. The van der Waals surface area contributed by atoms with Gasteiger partial charge in [-0.05, 0) is 19.8 Å². The summed E-state index contributed by atoms with van der Waals surface area (Å²) in [7, 11) is 0. The molecule has 0 saturated heterocycles. The molecule has 1 aliphatic carbocycles. The summed E-state index contributed by atoms with van der Waals surface area (Å²) < 4.78 is 0. The number of carbonyl (C=O) groups excluding carboxylic acids is 1. The molecule has 1 amide bonds. The first-order chi connectivity index (χ1) is 10.3. The first kappa shape index (κ1) is 13.7. The van der Waals surface area contributed by atoms with E-state index in [1.165, 1.54) is 19.3 Å². The number of aromatic nitrogens is 6. The van der Waals surface area contributed by atoms with Gasteiger partial charge < -0.3 is 5.32 Å². The van der Waals surface area contributed by atoms with Crippen LogP contribution in [0.4, 0.5) is 0 Å². The average molecular weight is 289 g/mol. The predicted octanol–water partition coefficient (Wildman–Crippen LogP) is 1.46. The number of amides is 1. The third-order valence-corrected chi connectivity index (χ3v) is 4.02. The Labute approximate surface area is 122 Å². The molecule has 1 fully saturated rings. The molecule has 1 atom stereocenters. The molecule has 3 rings (SSSR count). The summed E-state index contributed by atoms with van der Waals surface area (Å²) in [6.45, 7) is 1.82. The Morgan fingerprint density at radius 1 is 1.38 bits per heavy atom. The van der Waals surface area contributed by atoms with Crippen LogP contribution in [0.1, 0.15) is 72.9 Å². The highest BCUT2D eigenvalue weighted by Crippen LogP contribution is 2.33. The quantitative estimate of drug-likeness (QED) is 0.788.